The first-order valence-electron chi connectivity index (χ1n) is 9.39. The normalized spacial score (nSPS) is 15.7. The molecule has 3 rings (SSSR count). The summed E-state index contributed by atoms with van der Waals surface area (Å²) in [6.45, 7) is 6.80. The van der Waals surface area contributed by atoms with E-state index in [9.17, 15) is 9.59 Å². The van der Waals surface area contributed by atoms with E-state index in [0.717, 1.165) is 30.6 Å². The second-order valence-corrected chi connectivity index (χ2v) is 7.79. The molecule has 27 heavy (non-hydrogen) atoms. The molecule has 1 aliphatic rings. The molecule has 1 aromatic heterocycles. The van der Waals surface area contributed by atoms with E-state index in [2.05, 4.69) is 12.2 Å². The van der Waals surface area contributed by atoms with E-state index >= 15 is 0 Å². The maximum absolute atomic E-state index is 12.7. The Labute approximate surface area is 163 Å². The molecule has 0 unspecified atom stereocenters. The van der Waals surface area contributed by atoms with Crippen LogP contribution in [0, 0.1) is 5.92 Å². The summed E-state index contributed by atoms with van der Waals surface area (Å²) in [5.41, 5.74) is 2.09. The molecule has 1 amide bonds. The van der Waals surface area contributed by atoms with Crippen LogP contribution >= 0.6 is 11.3 Å². The van der Waals surface area contributed by atoms with E-state index in [-0.39, 0.29) is 11.9 Å². The largest absolute Gasteiger partial charge is 0.494 e. The molecule has 0 saturated heterocycles. The Hall–Kier alpha value is -2.34. The first-order valence-corrected chi connectivity index (χ1v) is 10.2. The highest BCUT2D eigenvalue weighted by Gasteiger charge is 2.29. The maximum Gasteiger partial charge on any atom is 0.341 e. The van der Waals surface area contributed by atoms with Gasteiger partial charge in [0.25, 0.3) is 5.91 Å². The molecule has 0 bridgehead atoms. The van der Waals surface area contributed by atoms with Crippen molar-refractivity contribution in [3.05, 3.63) is 45.8 Å². The fraction of sp³-hybridized carbons (Fsp3) is 0.429. The van der Waals surface area contributed by atoms with E-state index in [1.54, 1.807) is 31.2 Å². The Morgan fingerprint density at radius 1 is 1.19 bits per heavy atom. The molecule has 1 aromatic carbocycles. The van der Waals surface area contributed by atoms with Crippen molar-refractivity contribution in [2.75, 3.05) is 18.5 Å². The lowest BCUT2D eigenvalue weighted by atomic mass is 9.88. The number of nitrogens with one attached hydrogen (secondary N) is 1. The highest BCUT2D eigenvalue weighted by Crippen LogP contribution is 2.40. The third kappa shape index (κ3) is 4.33. The number of thiophene rings is 1. The molecular formula is C21H25NO4S. The second-order valence-electron chi connectivity index (χ2n) is 6.69. The lowest BCUT2D eigenvalue weighted by Gasteiger charge is -2.18. The molecule has 6 heteroatoms. The van der Waals surface area contributed by atoms with E-state index in [0.29, 0.717) is 35.3 Å². The molecule has 2 aromatic rings. The van der Waals surface area contributed by atoms with Gasteiger partial charge in [-0.15, -0.1) is 11.3 Å². The van der Waals surface area contributed by atoms with Crippen LogP contribution in [0.3, 0.4) is 0 Å². The third-order valence-electron chi connectivity index (χ3n) is 4.65. The summed E-state index contributed by atoms with van der Waals surface area (Å²) in [7, 11) is 0. The molecule has 1 atom stereocenters. The molecule has 1 heterocycles. The van der Waals surface area contributed by atoms with Crippen LogP contribution in [-0.4, -0.2) is 25.1 Å². The molecule has 0 fully saturated rings. The van der Waals surface area contributed by atoms with E-state index < -0.39 is 0 Å². The minimum atomic E-state index is -0.355. The third-order valence-corrected chi connectivity index (χ3v) is 5.82. The Bertz CT molecular complexity index is 825. The van der Waals surface area contributed by atoms with Gasteiger partial charge in [-0.3, -0.25) is 4.79 Å². The number of benzene rings is 1. The van der Waals surface area contributed by atoms with E-state index in [1.807, 2.05) is 6.92 Å². The molecule has 1 N–H and O–H groups in total. The van der Waals surface area contributed by atoms with Crippen LogP contribution in [0.2, 0.25) is 0 Å². The fourth-order valence-electron chi connectivity index (χ4n) is 3.30. The Balaban J connectivity index is 1.86. The molecular weight excluding hydrogens is 362 g/mol. The number of anilines is 1. The monoisotopic (exact) mass is 387 g/mol. The summed E-state index contributed by atoms with van der Waals surface area (Å²) < 4.78 is 10.7. The first-order chi connectivity index (χ1) is 13.0. The average Bonchev–Trinajstić information content (AvgIpc) is 2.99. The minimum Gasteiger partial charge on any atom is -0.494 e. The zero-order chi connectivity index (χ0) is 19.4. The number of hydrogen-bond acceptors (Lipinski definition) is 5. The summed E-state index contributed by atoms with van der Waals surface area (Å²) in [6, 6.07) is 6.98. The number of carbonyl (C=O) groups is 2. The number of esters is 1. The summed E-state index contributed by atoms with van der Waals surface area (Å²) >= 11 is 1.50. The molecule has 0 spiro atoms. The van der Waals surface area contributed by atoms with E-state index in [1.165, 1.54) is 16.2 Å². The second kappa shape index (κ2) is 8.57. The maximum atomic E-state index is 12.7. The number of fused-ring (bicyclic) bond motifs is 1. The molecule has 1 aliphatic carbocycles. The van der Waals surface area contributed by atoms with Crippen LogP contribution in [0.25, 0.3) is 0 Å². The smallest absolute Gasteiger partial charge is 0.341 e. The summed E-state index contributed by atoms with van der Waals surface area (Å²) in [4.78, 5) is 26.4. The van der Waals surface area contributed by atoms with Crippen molar-refractivity contribution in [3.8, 4) is 5.75 Å². The lowest BCUT2D eigenvalue weighted by molar-refractivity contribution is 0.0526. The Morgan fingerprint density at radius 2 is 1.93 bits per heavy atom. The molecule has 0 aliphatic heterocycles. The SMILES string of the molecule is CCOC(=O)c1c(NC(=O)c2ccc(OCC)cc2)sc2c1CC[C@@H](C)C2. The highest BCUT2D eigenvalue weighted by molar-refractivity contribution is 7.17. The van der Waals surface area contributed by atoms with Gasteiger partial charge in [-0.1, -0.05) is 6.92 Å². The van der Waals surface area contributed by atoms with Gasteiger partial charge in [-0.25, -0.2) is 4.79 Å². The first kappa shape index (κ1) is 19.4. The van der Waals surface area contributed by atoms with Crippen molar-refractivity contribution in [1.82, 2.24) is 0 Å². The lowest BCUT2D eigenvalue weighted by Crippen LogP contribution is -2.16. The van der Waals surface area contributed by atoms with Crippen molar-refractivity contribution >= 4 is 28.2 Å². The zero-order valence-electron chi connectivity index (χ0n) is 16.0. The zero-order valence-corrected chi connectivity index (χ0v) is 16.8. The molecule has 0 saturated carbocycles. The summed E-state index contributed by atoms with van der Waals surface area (Å²) in [5, 5.41) is 3.52. The number of hydrogen-bond donors (Lipinski definition) is 1. The number of carbonyl (C=O) groups excluding carboxylic acids is 2. The minimum absolute atomic E-state index is 0.241. The van der Waals surface area contributed by atoms with Crippen molar-refractivity contribution in [1.29, 1.82) is 0 Å². The van der Waals surface area contributed by atoms with Crippen molar-refractivity contribution < 1.29 is 19.1 Å². The summed E-state index contributed by atoms with van der Waals surface area (Å²) in [5.74, 6) is 0.712. The number of amides is 1. The molecule has 144 valence electrons. The van der Waals surface area contributed by atoms with Crippen LogP contribution in [0.15, 0.2) is 24.3 Å². The van der Waals surface area contributed by atoms with Gasteiger partial charge >= 0.3 is 5.97 Å². The Kier molecular flexibility index (Phi) is 6.16. The van der Waals surface area contributed by atoms with Gasteiger partial charge in [0, 0.05) is 10.4 Å². The van der Waals surface area contributed by atoms with Gasteiger partial charge in [0.2, 0.25) is 0 Å². The standard InChI is InChI=1S/C21H25NO4S/c1-4-25-15-9-7-14(8-10-15)19(23)22-20-18(21(24)26-5-2)16-11-6-13(3)12-17(16)27-20/h7-10,13H,4-6,11-12H2,1-3H3,(H,22,23)/t13-/m1/s1. The van der Waals surface area contributed by atoms with Crippen molar-refractivity contribution in [3.63, 3.8) is 0 Å². The van der Waals surface area contributed by atoms with Crippen LogP contribution in [0.1, 0.15) is 58.3 Å². The van der Waals surface area contributed by atoms with Crippen molar-refractivity contribution in [2.24, 2.45) is 5.92 Å². The van der Waals surface area contributed by atoms with Crippen LogP contribution in [0.5, 0.6) is 5.75 Å². The molecule has 5 nitrogen and oxygen atoms in total. The predicted octanol–water partition coefficient (Wildman–Crippen LogP) is 4.70. The van der Waals surface area contributed by atoms with Gasteiger partial charge in [-0.2, -0.15) is 0 Å². The van der Waals surface area contributed by atoms with Crippen LogP contribution in [-0.2, 0) is 17.6 Å². The van der Waals surface area contributed by atoms with E-state index in [4.69, 9.17) is 9.47 Å². The predicted molar refractivity (Wildman–Crippen MR) is 107 cm³/mol. The van der Waals surface area contributed by atoms with Gasteiger partial charge < -0.3 is 14.8 Å². The fourth-order valence-corrected chi connectivity index (χ4v) is 4.70. The topological polar surface area (TPSA) is 64.6 Å². The van der Waals surface area contributed by atoms with Gasteiger partial charge in [0.1, 0.15) is 10.8 Å². The number of rotatable bonds is 6. The summed E-state index contributed by atoms with van der Waals surface area (Å²) in [6.07, 6.45) is 2.83. The quantitative estimate of drug-likeness (QED) is 0.730. The Morgan fingerprint density at radius 3 is 2.59 bits per heavy atom. The van der Waals surface area contributed by atoms with Crippen LogP contribution < -0.4 is 10.1 Å². The van der Waals surface area contributed by atoms with Crippen molar-refractivity contribution in [2.45, 2.75) is 40.0 Å². The van der Waals surface area contributed by atoms with Gasteiger partial charge in [-0.05, 0) is 68.9 Å². The molecule has 0 radical (unpaired) electrons. The van der Waals surface area contributed by atoms with Gasteiger partial charge in [0.15, 0.2) is 0 Å². The van der Waals surface area contributed by atoms with Crippen LogP contribution in [0.4, 0.5) is 5.00 Å². The average molecular weight is 388 g/mol. The van der Waals surface area contributed by atoms with Gasteiger partial charge in [0.05, 0.1) is 18.8 Å². The number of ether oxygens (including phenoxy) is 2. The highest BCUT2D eigenvalue weighted by atomic mass is 32.1.